The molecule has 17 heavy (non-hydrogen) atoms. The lowest BCUT2D eigenvalue weighted by Gasteiger charge is -2.13. The van der Waals surface area contributed by atoms with Gasteiger partial charge in [-0.2, -0.15) is 0 Å². The molecule has 0 aliphatic heterocycles. The predicted molar refractivity (Wildman–Crippen MR) is 77.3 cm³/mol. The van der Waals surface area contributed by atoms with Gasteiger partial charge in [-0.25, -0.2) is 0 Å². The highest BCUT2D eigenvalue weighted by Gasteiger charge is 2.16. The molecule has 2 N–H and O–H groups in total. The van der Waals surface area contributed by atoms with Gasteiger partial charge >= 0.3 is 0 Å². The maximum Gasteiger partial charge on any atom is 0.249 e. The number of nitrogens with two attached hydrogens (primary N) is 1. The van der Waals surface area contributed by atoms with Crippen molar-refractivity contribution in [1.82, 2.24) is 0 Å². The molecule has 0 saturated heterocycles. The van der Waals surface area contributed by atoms with Crippen molar-refractivity contribution in [3.63, 3.8) is 0 Å². The number of benzene rings is 2. The molecule has 0 radical (unpaired) electrons. The summed E-state index contributed by atoms with van der Waals surface area (Å²) < 4.78 is 0.137. The van der Waals surface area contributed by atoms with Crippen LogP contribution in [0.15, 0.2) is 54.6 Å². The summed E-state index contributed by atoms with van der Waals surface area (Å²) in [7, 11) is 0. The van der Waals surface area contributed by atoms with E-state index in [1.807, 2.05) is 36.4 Å². The molecule has 86 valence electrons. The molecule has 0 aromatic heterocycles. The highest BCUT2D eigenvalue weighted by atomic mass is 127. The second-order valence-corrected chi connectivity index (χ2v) is 4.97. The first-order valence-electron chi connectivity index (χ1n) is 5.28. The van der Waals surface area contributed by atoms with Gasteiger partial charge in [0, 0.05) is 5.56 Å². The van der Waals surface area contributed by atoms with Crippen LogP contribution in [0.4, 0.5) is 0 Å². The number of halogens is 1. The van der Waals surface area contributed by atoms with Gasteiger partial charge in [0.25, 0.3) is 0 Å². The topological polar surface area (TPSA) is 43.1 Å². The molecule has 2 aromatic rings. The van der Waals surface area contributed by atoms with Gasteiger partial charge in [0.15, 0.2) is 0 Å². The minimum absolute atomic E-state index is 0.137. The first kappa shape index (κ1) is 12.1. The summed E-state index contributed by atoms with van der Waals surface area (Å²) in [6, 6.07) is 17.5. The largest absolute Gasteiger partial charge is 0.366 e. The lowest BCUT2D eigenvalue weighted by Crippen LogP contribution is -2.14. The lowest BCUT2D eigenvalue weighted by atomic mass is 9.99. The molecule has 3 heteroatoms. The van der Waals surface area contributed by atoms with E-state index in [0.717, 1.165) is 5.56 Å². The molecule has 0 saturated carbocycles. The Kier molecular flexibility index (Phi) is 3.78. The van der Waals surface area contributed by atoms with Crippen molar-refractivity contribution >= 4 is 28.5 Å². The number of alkyl halides is 1. The van der Waals surface area contributed by atoms with Crippen molar-refractivity contribution in [2.45, 2.75) is 3.92 Å². The van der Waals surface area contributed by atoms with Crippen LogP contribution in [0.25, 0.3) is 0 Å². The molecule has 2 rings (SSSR count). The van der Waals surface area contributed by atoms with Gasteiger partial charge in [-0.1, -0.05) is 71.1 Å². The minimum Gasteiger partial charge on any atom is -0.366 e. The van der Waals surface area contributed by atoms with Crippen molar-refractivity contribution in [1.29, 1.82) is 0 Å². The molecular weight excluding hydrogens is 325 g/mol. The van der Waals surface area contributed by atoms with E-state index in [0.29, 0.717) is 5.56 Å². The zero-order valence-electron chi connectivity index (χ0n) is 9.14. The number of rotatable bonds is 3. The highest BCUT2D eigenvalue weighted by Crippen LogP contribution is 2.32. The second-order valence-electron chi connectivity index (χ2n) is 3.72. The Morgan fingerprint density at radius 3 is 2.24 bits per heavy atom. The van der Waals surface area contributed by atoms with E-state index in [9.17, 15) is 4.79 Å². The van der Waals surface area contributed by atoms with Gasteiger partial charge in [0.1, 0.15) is 0 Å². The Balaban J connectivity index is 2.44. The summed E-state index contributed by atoms with van der Waals surface area (Å²) >= 11 is 2.32. The van der Waals surface area contributed by atoms with Crippen LogP contribution in [0.1, 0.15) is 25.4 Å². The summed E-state index contributed by atoms with van der Waals surface area (Å²) in [6.07, 6.45) is 0. The summed E-state index contributed by atoms with van der Waals surface area (Å²) in [5.41, 5.74) is 8.11. The molecule has 1 atom stereocenters. The van der Waals surface area contributed by atoms with Crippen LogP contribution in [-0.4, -0.2) is 5.91 Å². The second kappa shape index (κ2) is 5.31. The lowest BCUT2D eigenvalue weighted by molar-refractivity contribution is 0.0999. The fourth-order valence-electron chi connectivity index (χ4n) is 1.74. The summed E-state index contributed by atoms with van der Waals surface area (Å²) in [5.74, 6) is -0.377. The third-order valence-corrected chi connectivity index (χ3v) is 3.98. The van der Waals surface area contributed by atoms with Gasteiger partial charge in [-0.05, 0) is 17.2 Å². The number of carbonyl (C=O) groups is 1. The van der Waals surface area contributed by atoms with E-state index in [1.54, 1.807) is 6.07 Å². The van der Waals surface area contributed by atoms with Crippen LogP contribution in [0, 0.1) is 0 Å². The fourth-order valence-corrected chi connectivity index (χ4v) is 2.70. The van der Waals surface area contributed by atoms with Gasteiger partial charge in [0.05, 0.1) is 3.92 Å². The first-order valence-corrected chi connectivity index (χ1v) is 6.52. The Bertz CT molecular complexity index is 525. The van der Waals surface area contributed by atoms with Crippen molar-refractivity contribution < 1.29 is 4.79 Å². The summed E-state index contributed by atoms with van der Waals surface area (Å²) in [4.78, 5) is 11.4. The van der Waals surface area contributed by atoms with Crippen molar-refractivity contribution in [3.05, 3.63) is 71.3 Å². The van der Waals surface area contributed by atoms with Gasteiger partial charge in [-0.15, -0.1) is 0 Å². The average molecular weight is 337 g/mol. The summed E-state index contributed by atoms with van der Waals surface area (Å²) in [5, 5.41) is 0. The SMILES string of the molecule is NC(=O)c1ccccc1C(I)c1ccccc1. The van der Waals surface area contributed by atoms with Crippen molar-refractivity contribution in [2.24, 2.45) is 5.73 Å². The Hall–Kier alpha value is -1.36. The third kappa shape index (κ3) is 2.66. The van der Waals surface area contributed by atoms with E-state index in [2.05, 4.69) is 34.7 Å². The van der Waals surface area contributed by atoms with Gasteiger partial charge in [-0.3, -0.25) is 4.79 Å². The predicted octanol–water partition coefficient (Wildman–Crippen LogP) is 3.31. The maximum absolute atomic E-state index is 11.4. The number of primary amides is 1. The molecule has 0 aliphatic carbocycles. The van der Waals surface area contributed by atoms with Crippen LogP contribution in [0.2, 0.25) is 0 Å². The van der Waals surface area contributed by atoms with Crippen LogP contribution in [0.5, 0.6) is 0 Å². The smallest absolute Gasteiger partial charge is 0.249 e. The van der Waals surface area contributed by atoms with Crippen LogP contribution in [-0.2, 0) is 0 Å². The Morgan fingerprint density at radius 2 is 1.59 bits per heavy atom. The van der Waals surface area contributed by atoms with Crippen LogP contribution >= 0.6 is 22.6 Å². The van der Waals surface area contributed by atoms with Crippen molar-refractivity contribution in [2.75, 3.05) is 0 Å². The number of amides is 1. The zero-order chi connectivity index (χ0) is 12.3. The molecule has 0 fully saturated rings. The zero-order valence-corrected chi connectivity index (χ0v) is 11.3. The highest BCUT2D eigenvalue weighted by molar-refractivity contribution is 14.1. The quantitative estimate of drug-likeness (QED) is 0.678. The Labute approximate surface area is 114 Å². The standard InChI is InChI=1S/C14H12INO/c15-13(10-6-2-1-3-7-10)11-8-4-5-9-12(11)14(16)17/h1-9,13H,(H2,16,17). The molecule has 1 amide bonds. The van der Waals surface area contributed by atoms with E-state index in [4.69, 9.17) is 5.73 Å². The average Bonchev–Trinajstić information content (AvgIpc) is 2.39. The summed E-state index contributed by atoms with van der Waals surface area (Å²) in [6.45, 7) is 0. The number of hydrogen-bond acceptors (Lipinski definition) is 1. The maximum atomic E-state index is 11.4. The molecular formula is C14H12INO. The van der Waals surface area contributed by atoms with Gasteiger partial charge < -0.3 is 5.73 Å². The van der Waals surface area contributed by atoms with E-state index >= 15 is 0 Å². The van der Waals surface area contributed by atoms with E-state index in [-0.39, 0.29) is 9.83 Å². The van der Waals surface area contributed by atoms with E-state index < -0.39 is 0 Å². The monoisotopic (exact) mass is 337 g/mol. The fraction of sp³-hybridized carbons (Fsp3) is 0.0714. The van der Waals surface area contributed by atoms with Crippen molar-refractivity contribution in [3.8, 4) is 0 Å². The third-order valence-electron chi connectivity index (χ3n) is 2.59. The normalized spacial score (nSPS) is 12.1. The molecule has 2 aromatic carbocycles. The van der Waals surface area contributed by atoms with Crippen LogP contribution < -0.4 is 5.73 Å². The molecule has 0 bridgehead atoms. The molecule has 0 spiro atoms. The van der Waals surface area contributed by atoms with Crippen LogP contribution in [0.3, 0.4) is 0 Å². The van der Waals surface area contributed by atoms with Gasteiger partial charge in [0.2, 0.25) is 5.91 Å². The molecule has 2 nitrogen and oxygen atoms in total. The number of carbonyl (C=O) groups excluding carboxylic acids is 1. The first-order chi connectivity index (χ1) is 8.20. The number of hydrogen-bond donors (Lipinski definition) is 1. The molecule has 0 heterocycles. The Morgan fingerprint density at radius 1 is 1.00 bits per heavy atom. The molecule has 0 aliphatic rings. The van der Waals surface area contributed by atoms with E-state index in [1.165, 1.54) is 5.56 Å². The molecule has 1 unspecified atom stereocenters. The minimum atomic E-state index is -0.377.